The van der Waals surface area contributed by atoms with Gasteiger partial charge in [-0.15, -0.1) is 0 Å². The molecule has 1 heterocycles. The molecular weight excluding hydrogens is 237 g/mol. The van der Waals surface area contributed by atoms with Gasteiger partial charge in [0.05, 0.1) is 5.92 Å². The zero-order valence-corrected chi connectivity index (χ0v) is 9.72. The Morgan fingerprint density at radius 2 is 2.27 bits per heavy atom. The third kappa shape index (κ3) is 3.68. The van der Waals surface area contributed by atoms with E-state index in [0.29, 0.717) is 23.0 Å². The van der Waals surface area contributed by atoms with Crippen LogP contribution in [0, 0.1) is 5.92 Å². The van der Waals surface area contributed by atoms with E-state index >= 15 is 0 Å². The minimum atomic E-state index is -0.798. The molecule has 0 fully saturated rings. The minimum Gasteiger partial charge on any atom is -0.481 e. The number of carbonyl (C=O) groups is 1. The van der Waals surface area contributed by atoms with Crippen molar-refractivity contribution in [3.05, 3.63) is 28.0 Å². The van der Waals surface area contributed by atoms with Crippen LogP contribution >= 0.6 is 23.2 Å². The second kappa shape index (κ2) is 5.33. The highest BCUT2D eigenvalue weighted by Crippen LogP contribution is 2.21. The standard InChI is InChI=1S/C10H11Cl2NO2/c1-6(10(14)15)2-3-7-5-13-9(12)4-8(7)11/h4-6H,2-3H2,1H3,(H,14,15). The molecule has 3 nitrogen and oxygen atoms in total. The van der Waals surface area contributed by atoms with Crippen LogP contribution in [0.5, 0.6) is 0 Å². The lowest BCUT2D eigenvalue weighted by Gasteiger charge is -2.07. The number of carboxylic acid groups (broad SMARTS) is 1. The second-order valence-corrected chi connectivity index (χ2v) is 4.17. The lowest BCUT2D eigenvalue weighted by molar-refractivity contribution is -0.141. The molecule has 0 bridgehead atoms. The fourth-order valence-electron chi connectivity index (χ4n) is 1.12. The van der Waals surface area contributed by atoms with Crippen LogP contribution in [-0.2, 0) is 11.2 Å². The van der Waals surface area contributed by atoms with Crippen LogP contribution < -0.4 is 0 Å². The molecule has 1 N–H and O–H groups in total. The van der Waals surface area contributed by atoms with Gasteiger partial charge in [0.1, 0.15) is 5.15 Å². The maximum atomic E-state index is 10.6. The van der Waals surface area contributed by atoms with E-state index in [1.165, 1.54) is 0 Å². The van der Waals surface area contributed by atoms with Crippen LogP contribution in [0.2, 0.25) is 10.2 Å². The molecule has 1 rings (SSSR count). The summed E-state index contributed by atoms with van der Waals surface area (Å²) in [7, 11) is 0. The number of nitrogens with zero attached hydrogens (tertiary/aromatic N) is 1. The van der Waals surface area contributed by atoms with E-state index in [1.807, 2.05) is 0 Å². The molecule has 0 spiro atoms. The van der Waals surface area contributed by atoms with Gasteiger partial charge in [-0.3, -0.25) is 4.79 Å². The van der Waals surface area contributed by atoms with E-state index in [9.17, 15) is 4.79 Å². The molecule has 0 aliphatic rings. The molecule has 5 heteroatoms. The van der Waals surface area contributed by atoms with Gasteiger partial charge < -0.3 is 5.11 Å². The highest BCUT2D eigenvalue weighted by Gasteiger charge is 2.11. The van der Waals surface area contributed by atoms with Crippen molar-refractivity contribution in [2.24, 2.45) is 5.92 Å². The van der Waals surface area contributed by atoms with Crippen molar-refractivity contribution in [2.75, 3.05) is 0 Å². The summed E-state index contributed by atoms with van der Waals surface area (Å²) in [5, 5.41) is 9.58. The van der Waals surface area contributed by atoms with Crippen molar-refractivity contribution in [2.45, 2.75) is 19.8 Å². The van der Waals surface area contributed by atoms with Crippen LogP contribution in [0.25, 0.3) is 0 Å². The van der Waals surface area contributed by atoms with Crippen LogP contribution in [0.3, 0.4) is 0 Å². The maximum Gasteiger partial charge on any atom is 0.306 e. The summed E-state index contributed by atoms with van der Waals surface area (Å²) in [6.45, 7) is 1.67. The van der Waals surface area contributed by atoms with E-state index < -0.39 is 5.97 Å². The first-order valence-corrected chi connectivity index (χ1v) is 5.29. The zero-order valence-electron chi connectivity index (χ0n) is 8.20. The molecular formula is C10H11Cl2NO2. The van der Waals surface area contributed by atoms with E-state index in [-0.39, 0.29) is 5.92 Å². The summed E-state index contributed by atoms with van der Waals surface area (Å²) in [6.07, 6.45) is 2.72. The second-order valence-electron chi connectivity index (χ2n) is 3.38. The van der Waals surface area contributed by atoms with Gasteiger partial charge in [0, 0.05) is 11.2 Å². The molecule has 0 aliphatic carbocycles. The van der Waals surface area contributed by atoms with E-state index in [0.717, 1.165) is 5.56 Å². The van der Waals surface area contributed by atoms with Crippen molar-refractivity contribution in [3.63, 3.8) is 0 Å². The molecule has 0 radical (unpaired) electrons. The van der Waals surface area contributed by atoms with Gasteiger partial charge in [-0.1, -0.05) is 30.1 Å². The van der Waals surface area contributed by atoms with Gasteiger partial charge in [-0.05, 0) is 24.5 Å². The van der Waals surface area contributed by atoms with Crippen LogP contribution in [0.15, 0.2) is 12.3 Å². The first-order chi connectivity index (χ1) is 7.00. The number of rotatable bonds is 4. The highest BCUT2D eigenvalue weighted by molar-refractivity contribution is 6.34. The van der Waals surface area contributed by atoms with Crippen molar-refractivity contribution >= 4 is 29.2 Å². The summed E-state index contributed by atoms with van der Waals surface area (Å²) in [6, 6.07) is 1.56. The number of hydrogen-bond donors (Lipinski definition) is 1. The van der Waals surface area contributed by atoms with E-state index in [1.54, 1.807) is 19.2 Å². The number of carboxylic acids is 1. The third-order valence-electron chi connectivity index (χ3n) is 2.16. The highest BCUT2D eigenvalue weighted by atomic mass is 35.5. The van der Waals surface area contributed by atoms with Gasteiger partial charge in [0.25, 0.3) is 0 Å². The smallest absolute Gasteiger partial charge is 0.306 e. The molecule has 0 saturated carbocycles. The predicted molar refractivity (Wildman–Crippen MR) is 59.4 cm³/mol. The summed E-state index contributed by atoms with van der Waals surface area (Å²) in [5.41, 5.74) is 0.828. The van der Waals surface area contributed by atoms with Crippen LogP contribution in [0.4, 0.5) is 0 Å². The monoisotopic (exact) mass is 247 g/mol. The first kappa shape index (κ1) is 12.3. The number of aryl methyl sites for hydroxylation is 1. The lowest BCUT2D eigenvalue weighted by atomic mass is 10.0. The first-order valence-electron chi connectivity index (χ1n) is 4.53. The normalized spacial score (nSPS) is 12.5. The number of pyridine rings is 1. The molecule has 1 atom stereocenters. The zero-order chi connectivity index (χ0) is 11.4. The molecule has 0 amide bonds. The van der Waals surface area contributed by atoms with Crippen LogP contribution in [0.1, 0.15) is 18.9 Å². The number of aliphatic carboxylic acids is 1. The summed E-state index contributed by atoms with van der Waals surface area (Å²) in [4.78, 5) is 14.5. The largest absolute Gasteiger partial charge is 0.481 e. The molecule has 1 aromatic rings. The van der Waals surface area contributed by atoms with Crippen LogP contribution in [-0.4, -0.2) is 16.1 Å². The van der Waals surface area contributed by atoms with Gasteiger partial charge >= 0.3 is 5.97 Å². The molecule has 15 heavy (non-hydrogen) atoms. The molecule has 82 valence electrons. The van der Waals surface area contributed by atoms with E-state index in [4.69, 9.17) is 28.3 Å². The van der Waals surface area contributed by atoms with Crippen molar-refractivity contribution in [1.29, 1.82) is 0 Å². The van der Waals surface area contributed by atoms with E-state index in [2.05, 4.69) is 4.98 Å². The summed E-state index contributed by atoms with van der Waals surface area (Å²) >= 11 is 11.6. The third-order valence-corrected chi connectivity index (χ3v) is 2.72. The van der Waals surface area contributed by atoms with Crippen molar-refractivity contribution in [3.8, 4) is 0 Å². The molecule has 0 aromatic carbocycles. The quantitative estimate of drug-likeness (QED) is 0.833. The molecule has 1 aromatic heterocycles. The molecule has 0 aliphatic heterocycles. The minimum absolute atomic E-state index is 0.343. The van der Waals surface area contributed by atoms with Crippen molar-refractivity contribution in [1.82, 2.24) is 4.98 Å². The van der Waals surface area contributed by atoms with Gasteiger partial charge in [0.2, 0.25) is 0 Å². The molecule has 1 unspecified atom stereocenters. The Morgan fingerprint density at radius 1 is 1.60 bits per heavy atom. The summed E-state index contributed by atoms with van der Waals surface area (Å²) < 4.78 is 0. The Hall–Kier alpha value is -0.800. The Labute approximate surface area is 98.0 Å². The maximum absolute atomic E-state index is 10.6. The number of aromatic nitrogens is 1. The fourth-order valence-corrected chi connectivity index (χ4v) is 1.58. The topological polar surface area (TPSA) is 50.2 Å². The Bertz CT molecular complexity index is 368. The average molecular weight is 248 g/mol. The van der Waals surface area contributed by atoms with Crippen molar-refractivity contribution < 1.29 is 9.90 Å². The number of hydrogen-bond acceptors (Lipinski definition) is 2. The SMILES string of the molecule is CC(CCc1cnc(Cl)cc1Cl)C(=O)O. The summed E-state index contributed by atoms with van der Waals surface area (Å²) in [5.74, 6) is -1.18. The van der Waals surface area contributed by atoms with Gasteiger partial charge in [0.15, 0.2) is 0 Å². The Morgan fingerprint density at radius 3 is 2.80 bits per heavy atom. The Kier molecular flexibility index (Phi) is 4.36. The number of halogens is 2. The lowest BCUT2D eigenvalue weighted by Crippen LogP contribution is -2.10. The Balaban J connectivity index is 2.62. The predicted octanol–water partition coefficient (Wildman–Crippen LogP) is 3.04. The van der Waals surface area contributed by atoms with Gasteiger partial charge in [-0.2, -0.15) is 0 Å². The van der Waals surface area contributed by atoms with Gasteiger partial charge in [-0.25, -0.2) is 4.98 Å². The molecule has 0 saturated heterocycles. The fraction of sp³-hybridized carbons (Fsp3) is 0.400. The average Bonchev–Trinajstić information content (AvgIpc) is 2.15.